The highest BCUT2D eigenvalue weighted by Gasteiger charge is 2.52. The Bertz CT molecular complexity index is 489. The van der Waals surface area contributed by atoms with Gasteiger partial charge in [0.05, 0.1) is 5.41 Å². The van der Waals surface area contributed by atoms with Crippen LogP contribution in [-0.4, -0.2) is 47.3 Å². The lowest BCUT2D eigenvalue weighted by Crippen LogP contribution is -2.53. The van der Waals surface area contributed by atoms with Crippen molar-refractivity contribution in [3.63, 3.8) is 0 Å². The molecule has 0 amide bonds. The van der Waals surface area contributed by atoms with Crippen molar-refractivity contribution < 1.29 is 19.8 Å². The maximum atomic E-state index is 12.8. The summed E-state index contributed by atoms with van der Waals surface area (Å²) < 4.78 is 0. The zero-order valence-corrected chi connectivity index (χ0v) is 17.7. The molecule has 4 unspecified atom stereocenters. The number of carboxylic acids is 2. The first-order valence-corrected chi connectivity index (χ1v) is 11.3. The first kappa shape index (κ1) is 23.1. The molecule has 2 saturated heterocycles. The molecule has 6 nitrogen and oxygen atoms in total. The van der Waals surface area contributed by atoms with Crippen LogP contribution in [0.5, 0.6) is 0 Å². The van der Waals surface area contributed by atoms with Gasteiger partial charge >= 0.3 is 11.9 Å². The van der Waals surface area contributed by atoms with E-state index in [4.69, 9.17) is 5.11 Å². The van der Waals surface area contributed by atoms with Crippen molar-refractivity contribution in [1.82, 2.24) is 10.6 Å². The molecule has 0 bridgehead atoms. The van der Waals surface area contributed by atoms with Crippen molar-refractivity contribution in [2.45, 2.75) is 96.6 Å². The van der Waals surface area contributed by atoms with Gasteiger partial charge in [-0.1, -0.05) is 25.7 Å². The van der Waals surface area contributed by atoms with Crippen LogP contribution in [0.3, 0.4) is 0 Å². The van der Waals surface area contributed by atoms with Crippen LogP contribution in [0.15, 0.2) is 0 Å². The summed E-state index contributed by atoms with van der Waals surface area (Å²) in [4.78, 5) is 23.4. The van der Waals surface area contributed by atoms with Crippen molar-refractivity contribution >= 4 is 11.9 Å². The van der Waals surface area contributed by atoms with Gasteiger partial charge in [0, 0.05) is 18.5 Å². The molecule has 2 fully saturated rings. The summed E-state index contributed by atoms with van der Waals surface area (Å²) in [6.45, 7) is 6.17. The molecule has 2 heterocycles. The Morgan fingerprint density at radius 1 is 0.857 bits per heavy atom. The van der Waals surface area contributed by atoms with E-state index in [1.807, 2.05) is 0 Å². The Labute approximate surface area is 169 Å². The topological polar surface area (TPSA) is 98.7 Å². The SMILES string of the molecule is CC1CC(C(CCCCCCCC(=O)O)(C(=O)O)C2CCNC(C)C2)CCN1. The molecule has 6 heteroatoms. The molecule has 4 atom stereocenters. The van der Waals surface area contributed by atoms with Gasteiger partial charge in [-0.05, 0) is 77.3 Å². The average molecular weight is 397 g/mol. The second-order valence-electron chi connectivity index (χ2n) is 9.16. The number of rotatable bonds is 11. The minimum absolute atomic E-state index is 0.235. The fourth-order valence-corrected chi connectivity index (χ4v) is 5.62. The lowest BCUT2D eigenvalue weighted by atomic mass is 9.57. The van der Waals surface area contributed by atoms with E-state index in [0.717, 1.165) is 77.3 Å². The van der Waals surface area contributed by atoms with E-state index < -0.39 is 17.4 Å². The van der Waals surface area contributed by atoms with Gasteiger partial charge in [-0.15, -0.1) is 0 Å². The second-order valence-corrected chi connectivity index (χ2v) is 9.16. The zero-order valence-electron chi connectivity index (χ0n) is 17.7. The van der Waals surface area contributed by atoms with E-state index in [1.54, 1.807) is 0 Å². The molecule has 2 aliphatic heterocycles. The Balaban J connectivity index is 2.04. The van der Waals surface area contributed by atoms with Crippen molar-refractivity contribution in [3.8, 4) is 0 Å². The largest absolute Gasteiger partial charge is 0.481 e. The van der Waals surface area contributed by atoms with E-state index in [2.05, 4.69) is 24.5 Å². The molecular weight excluding hydrogens is 356 g/mol. The monoisotopic (exact) mass is 396 g/mol. The maximum absolute atomic E-state index is 12.8. The third kappa shape index (κ3) is 6.18. The highest BCUT2D eigenvalue weighted by molar-refractivity contribution is 5.75. The zero-order chi connectivity index (χ0) is 20.6. The summed E-state index contributed by atoms with van der Waals surface area (Å²) in [5.41, 5.74) is -0.617. The summed E-state index contributed by atoms with van der Waals surface area (Å²) >= 11 is 0. The molecule has 0 saturated carbocycles. The van der Waals surface area contributed by atoms with Crippen LogP contribution in [0.1, 0.15) is 84.5 Å². The highest BCUT2D eigenvalue weighted by atomic mass is 16.4. The molecule has 0 radical (unpaired) electrons. The number of hydrogen-bond donors (Lipinski definition) is 4. The minimum Gasteiger partial charge on any atom is -0.481 e. The number of carboxylic acid groups (broad SMARTS) is 2. The van der Waals surface area contributed by atoms with E-state index >= 15 is 0 Å². The van der Waals surface area contributed by atoms with Crippen molar-refractivity contribution in [2.24, 2.45) is 17.3 Å². The van der Waals surface area contributed by atoms with E-state index in [9.17, 15) is 14.7 Å². The minimum atomic E-state index is -0.732. The van der Waals surface area contributed by atoms with Crippen LogP contribution in [0.2, 0.25) is 0 Å². The summed E-state index contributed by atoms with van der Waals surface area (Å²) in [5.74, 6) is -0.839. The molecule has 2 rings (SSSR count). The molecule has 0 spiro atoms. The smallest absolute Gasteiger partial charge is 0.310 e. The number of aliphatic carboxylic acids is 2. The quantitative estimate of drug-likeness (QED) is 0.398. The van der Waals surface area contributed by atoms with Gasteiger partial charge in [-0.3, -0.25) is 9.59 Å². The molecule has 0 aliphatic carbocycles. The number of hydrogen-bond acceptors (Lipinski definition) is 4. The van der Waals surface area contributed by atoms with Crippen LogP contribution in [0.4, 0.5) is 0 Å². The lowest BCUT2D eigenvalue weighted by molar-refractivity contribution is -0.161. The number of nitrogens with one attached hydrogen (secondary N) is 2. The molecular formula is C22H40N2O4. The molecule has 162 valence electrons. The van der Waals surface area contributed by atoms with E-state index in [0.29, 0.717) is 12.1 Å². The van der Waals surface area contributed by atoms with Crippen molar-refractivity contribution in [2.75, 3.05) is 13.1 Å². The average Bonchev–Trinajstić information content (AvgIpc) is 2.63. The Hall–Kier alpha value is -1.14. The van der Waals surface area contributed by atoms with Crippen molar-refractivity contribution in [3.05, 3.63) is 0 Å². The van der Waals surface area contributed by atoms with Gasteiger partial charge in [-0.2, -0.15) is 0 Å². The van der Waals surface area contributed by atoms with Crippen LogP contribution >= 0.6 is 0 Å². The third-order valence-electron chi connectivity index (χ3n) is 7.08. The summed E-state index contributed by atoms with van der Waals surface area (Å²) in [5, 5.41) is 26.2. The van der Waals surface area contributed by atoms with E-state index in [-0.39, 0.29) is 18.3 Å². The molecule has 0 aromatic rings. The molecule has 0 aromatic carbocycles. The van der Waals surface area contributed by atoms with Gasteiger partial charge in [0.15, 0.2) is 0 Å². The summed E-state index contributed by atoms with van der Waals surface area (Å²) in [7, 11) is 0. The predicted octanol–water partition coefficient (Wildman–Crippen LogP) is 3.65. The van der Waals surface area contributed by atoms with Gasteiger partial charge in [0.2, 0.25) is 0 Å². The van der Waals surface area contributed by atoms with Crippen LogP contribution in [0, 0.1) is 17.3 Å². The summed E-state index contributed by atoms with van der Waals surface area (Å²) in [6, 6.07) is 0.764. The standard InChI is InChI=1S/C22H40N2O4/c1-16-14-18(9-12-23-16)22(21(27)28,19-10-13-24-17(2)15-19)11-7-5-3-4-6-8-20(25)26/h16-19,23-24H,3-15H2,1-2H3,(H,25,26)(H,27,28). The third-order valence-corrected chi connectivity index (χ3v) is 7.08. The molecule has 0 aromatic heterocycles. The number of piperidine rings is 2. The number of carbonyl (C=O) groups is 2. The Morgan fingerprint density at radius 3 is 1.82 bits per heavy atom. The van der Waals surface area contributed by atoms with Gasteiger partial charge in [-0.25, -0.2) is 0 Å². The molecule has 4 N–H and O–H groups in total. The van der Waals surface area contributed by atoms with Gasteiger partial charge < -0.3 is 20.8 Å². The Morgan fingerprint density at radius 2 is 1.36 bits per heavy atom. The first-order valence-electron chi connectivity index (χ1n) is 11.3. The van der Waals surface area contributed by atoms with Crippen LogP contribution in [-0.2, 0) is 9.59 Å². The number of unbranched alkanes of at least 4 members (excludes halogenated alkanes) is 4. The normalized spacial score (nSPS) is 30.5. The fourth-order valence-electron chi connectivity index (χ4n) is 5.62. The summed E-state index contributed by atoms with van der Waals surface area (Å²) in [6.07, 6.45) is 9.35. The van der Waals surface area contributed by atoms with Gasteiger partial charge in [0.25, 0.3) is 0 Å². The molecule has 2 aliphatic rings. The molecule has 28 heavy (non-hydrogen) atoms. The second kappa shape index (κ2) is 11.1. The van der Waals surface area contributed by atoms with Gasteiger partial charge in [0.1, 0.15) is 0 Å². The lowest BCUT2D eigenvalue weighted by Gasteiger charge is -2.48. The fraction of sp³-hybridized carbons (Fsp3) is 0.909. The van der Waals surface area contributed by atoms with Crippen LogP contribution < -0.4 is 10.6 Å². The first-order chi connectivity index (χ1) is 13.4. The predicted molar refractivity (Wildman–Crippen MR) is 110 cm³/mol. The van der Waals surface area contributed by atoms with E-state index in [1.165, 1.54) is 0 Å². The maximum Gasteiger partial charge on any atom is 0.310 e. The van der Waals surface area contributed by atoms with Crippen LogP contribution in [0.25, 0.3) is 0 Å². The Kier molecular flexibility index (Phi) is 9.22. The van der Waals surface area contributed by atoms with Crippen molar-refractivity contribution in [1.29, 1.82) is 0 Å². The highest BCUT2D eigenvalue weighted by Crippen LogP contribution is 2.49.